The number of aromatic nitrogens is 1. The van der Waals surface area contributed by atoms with Gasteiger partial charge in [-0.1, -0.05) is 20.8 Å². The van der Waals surface area contributed by atoms with Crippen LogP contribution in [-0.4, -0.2) is 10.1 Å². The van der Waals surface area contributed by atoms with Crippen molar-refractivity contribution in [3.05, 3.63) is 23.5 Å². The van der Waals surface area contributed by atoms with Gasteiger partial charge in [-0.25, -0.2) is 0 Å². The van der Waals surface area contributed by atoms with Crippen LogP contribution in [0, 0.1) is 6.92 Å². The van der Waals surface area contributed by atoms with E-state index in [9.17, 15) is 0 Å². The van der Waals surface area contributed by atoms with Crippen LogP contribution in [0.1, 0.15) is 32.0 Å². The maximum Gasteiger partial charge on any atom is 0.136 e. The van der Waals surface area contributed by atoms with Gasteiger partial charge in [0.05, 0.1) is 6.20 Å². The van der Waals surface area contributed by atoms with Crippen LogP contribution in [0.5, 0.6) is 5.75 Å². The standard InChI is InChI=1S/C8H11NO.C2H6/c1-3-7-4-6(2)8(10)5-9-7;1-2/h4-5,10H,3H2,1-2H3;1-2H3. The third-order valence-electron chi connectivity index (χ3n) is 1.50. The van der Waals surface area contributed by atoms with Crippen molar-refractivity contribution in [3.8, 4) is 5.75 Å². The molecule has 0 aliphatic rings. The van der Waals surface area contributed by atoms with Gasteiger partial charge < -0.3 is 5.11 Å². The molecule has 1 heterocycles. The van der Waals surface area contributed by atoms with Gasteiger partial charge in [0.25, 0.3) is 0 Å². The molecule has 12 heavy (non-hydrogen) atoms. The van der Waals surface area contributed by atoms with Gasteiger partial charge in [0.15, 0.2) is 0 Å². The quantitative estimate of drug-likeness (QED) is 0.697. The number of aromatic hydroxyl groups is 1. The Bertz CT molecular complexity index is 233. The van der Waals surface area contributed by atoms with E-state index in [-0.39, 0.29) is 5.75 Å². The van der Waals surface area contributed by atoms with E-state index in [1.807, 2.05) is 33.8 Å². The normalized spacial score (nSPS) is 8.67. The van der Waals surface area contributed by atoms with E-state index in [2.05, 4.69) is 4.98 Å². The van der Waals surface area contributed by atoms with Gasteiger partial charge in [-0.2, -0.15) is 0 Å². The van der Waals surface area contributed by atoms with Crippen LogP contribution in [0.3, 0.4) is 0 Å². The molecule has 0 bridgehead atoms. The van der Waals surface area contributed by atoms with Gasteiger partial charge in [0, 0.05) is 5.69 Å². The second-order valence-electron chi connectivity index (χ2n) is 2.32. The largest absolute Gasteiger partial charge is 0.506 e. The Hall–Kier alpha value is -1.05. The summed E-state index contributed by atoms with van der Waals surface area (Å²) in [5, 5.41) is 9.08. The minimum atomic E-state index is 0.275. The van der Waals surface area contributed by atoms with E-state index in [1.54, 1.807) is 0 Å². The molecule has 0 fully saturated rings. The van der Waals surface area contributed by atoms with Gasteiger partial charge in [-0.3, -0.25) is 4.98 Å². The first-order chi connectivity index (χ1) is 5.74. The molecule has 0 unspecified atom stereocenters. The fraction of sp³-hybridized carbons (Fsp3) is 0.500. The highest BCUT2D eigenvalue weighted by Crippen LogP contribution is 2.13. The number of rotatable bonds is 1. The fourth-order valence-corrected chi connectivity index (χ4v) is 0.800. The summed E-state index contributed by atoms with van der Waals surface area (Å²) in [7, 11) is 0. The van der Waals surface area contributed by atoms with E-state index in [1.165, 1.54) is 6.20 Å². The zero-order valence-electron chi connectivity index (χ0n) is 8.26. The van der Waals surface area contributed by atoms with Crippen molar-refractivity contribution in [1.82, 2.24) is 4.98 Å². The first kappa shape index (κ1) is 11.0. The van der Waals surface area contributed by atoms with Crippen LogP contribution in [-0.2, 0) is 6.42 Å². The Morgan fingerprint density at radius 3 is 2.42 bits per heavy atom. The lowest BCUT2D eigenvalue weighted by Crippen LogP contribution is -1.86. The van der Waals surface area contributed by atoms with Crippen molar-refractivity contribution in [2.75, 3.05) is 0 Å². The van der Waals surface area contributed by atoms with Crippen molar-refractivity contribution in [1.29, 1.82) is 0 Å². The molecule has 0 aliphatic carbocycles. The molecule has 1 N–H and O–H groups in total. The van der Waals surface area contributed by atoms with Crippen LogP contribution in [0.4, 0.5) is 0 Å². The number of hydrogen-bond donors (Lipinski definition) is 1. The van der Waals surface area contributed by atoms with Gasteiger partial charge in [-0.15, -0.1) is 0 Å². The lowest BCUT2D eigenvalue weighted by atomic mass is 10.2. The molecule has 1 aromatic heterocycles. The van der Waals surface area contributed by atoms with Crippen molar-refractivity contribution in [2.24, 2.45) is 0 Å². The first-order valence-electron chi connectivity index (χ1n) is 4.38. The maximum absolute atomic E-state index is 9.08. The monoisotopic (exact) mass is 167 g/mol. The molecule has 68 valence electrons. The lowest BCUT2D eigenvalue weighted by Gasteiger charge is -1.98. The zero-order valence-corrected chi connectivity index (χ0v) is 8.26. The number of pyridine rings is 1. The van der Waals surface area contributed by atoms with Crippen LogP contribution < -0.4 is 0 Å². The molecule has 1 rings (SSSR count). The average Bonchev–Trinajstić information content (AvgIpc) is 2.13. The third-order valence-corrected chi connectivity index (χ3v) is 1.50. The van der Waals surface area contributed by atoms with Crippen molar-refractivity contribution >= 4 is 0 Å². The third kappa shape index (κ3) is 2.91. The van der Waals surface area contributed by atoms with Crippen molar-refractivity contribution < 1.29 is 5.11 Å². The Labute approximate surface area is 74.3 Å². The minimum absolute atomic E-state index is 0.275. The fourth-order valence-electron chi connectivity index (χ4n) is 0.800. The summed E-state index contributed by atoms with van der Waals surface area (Å²) in [6, 6.07) is 1.90. The lowest BCUT2D eigenvalue weighted by molar-refractivity contribution is 0.468. The van der Waals surface area contributed by atoms with Crippen molar-refractivity contribution in [3.63, 3.8) is 0 Å². The van der Waals surface area contributed by atoms with Crippen molar-refractivity contribution in [2.45, 2.75) is 34.1 Å². The molecule has 1 aromatic rings. The van der Waals surface area contributed by atoms with Gasteiger partial charge in [0.2, 0.25) is 0 Å². The highest BCUT2D eigenvalue weighted by molar-refractivity contribution is 5.29. The SMILES string of the molecule is CC.CCc1cc(C)c(O)cn1. The van der Waals surface area contributed by atoms with Gasteiger partial charge in [0.1, 0.15) is 5.75 Å². The predicted molar refractivity (Wildman–Crippen MR) is 51.4 cm³/mol. The smallest absolute Gasteiger partial charge is 0.136 e. The maximum atomic E-state index is 9.08. The Morgan fingerprint density at radius 1 is 1.42 bits per heavy atom. The Kier molecular flexibility index (Phi) is 5.09. The first-order valence-corrected chi connectivity index (χ1v) is 4.38. The molecule has 0 radical (unpaired) electrons. The number of aryl methyl sites for hydroxylation is 2. The van der Waals surface area contributed by atoms with Gasteiger partial charge in [-0.05, 0) is 25.0 Å². The molecule has 2 nitrogen and oxygen atoms in total. The van der Waals surface area contributed by atoms with E-state index < -0.39 is 0 Å². The second-order valence-corrected chi connectivity index (χ2v) is 2.32. The molecule has 0 amide bonds. The molecular formula is C10H17NO. The topological polar surface area (TPSA) is 33.1 Å². The molecule has 0 aliphatic heterocycles. The molecular weight excluding hydrogens is 150 g/mol. The summed E-state index contributed by atoms with van der Waals surface area (Å²) in [5.74, 6) is 0.275. The van der Waals surface area contributed by atoms with Crippen LogP contribution in [0.2, 0.25) is 0 Å². The van der Waals surface area contributed by atoms with E-state index >= 15 is 0 Å². The highest BCUT2D eigenvalue weighted by Gasteiger charge is 1.95. The predicted octanol–water partition coefficient (Wildman–Crippen LogP) is 2.68. The second kappa shape index (κ2) is 5.58. The average molecular weight is 167 g/mol. The summed E-state index contributed by atoms with van der Waals surface area (Å²) < 4.78 is 0. The molecule has 0 spiro atoms. The van der Waals surface area contributed by atoms with Crippen LogP contribution >= 0.6 is 0 Å². The molecule has 0 aromatic carbocycles. The van der Waals surface area contributed by atoms with Crippen LogP contribution in [0.25, 0.3) is 0 Å². The summed E-state index contributed by atoms with van der Waals surface area (Å²) in [6.07, 6.45) is 2.41. The number of hydrogen-bond acceptors (Lipinski definition) is 2. The Morgan fingerprint density at radius 2 is 2.00 bits per heavy atom. The molecule has 0 saturated carbocycles. The molecule has 0 atom stereocenters. The highest BCUT2D eigenvalue weighted by atomic mass is 16.3. The minimum Gasteiger partial charge on any atom is -0.506 e. The van der Waals surface area contributed by atoms with E-state index in [0.29, 0.717) is 0 Å². The molecule has 0 saturated heterocycles. The zero-order chi connectivity index (χ0) is 9.56. The molecule has 2 heteroatoms. The van der Waals surface area contributed by atoms with Gasteiger partial charge >= 0.3 is 0 Å². The summed E-state index contributed by atoms with van der Waals surface area (Å²) in [6.45, 7) is 7.91. The number of nitrogens with zero attached hydrogens (tertiary/aromatic N) is 1. The van der Waals surface area contributed by atoms with Crippen LogP contribution in [0.15, 0.2) is 12.3 Å². The summed E-state index contributed by atoms with van der Waals surface area (Å²) in [5.41, 5.74) is 1.92. The Balaban J connectivity index is 0.000000561. The summed E-state index contributed by atoms with van der Waals surface area (Å²) >= 11 is 0. The van der Waals surface area contributed by atoms with E-state index in [0.717, 1.165) is 17.7 Å². The van der Waals surface area contributed by atoms with E-state index in [4.69, 9.17) is 5.11 Å². The summed E-state index contributed by atoms with van der Waals surface area (Å²) in [4.78, 5) is 4.01.